The average Bonchev–Trinajstić information content (AvgIpc) is 2.16. The third-order valence-corrected chi connectivity index (χ3v) is 2.46. The zero-order chi connectivity index (χ0) is 11.7. The molecule has 0 fully saturated rings. The summed E-state index contributed by atoms with van der Waals surface area (Å²) in [6.07, 6.45) is 2.98. The van der Waals surface area contributed by atoms with Gasteiger partial charge in [0, 0.05) is 13.5 Å². The normalized spacial score (nSPS) is 14.3. The number of carbonyl (C=O) groups excluding carboxylic acids is 2. The van der Waals surface area contributed by atoms with Crippen molar-refractivity contribution in [2.45, 2.75) is 39.5 Å². The molecule has 4 nitrogen and oxygen atoms in total. The highest BCUT2D eigenvalue weighted by molar-refractivity contribution is 5.76. The van der Waals surface area contributed by atoms with E-state index in [0.717, 1.165) is 12.8 Å². The van der Waals surface area contributed by atoms with Crippen molar-refractivity contribution in [2.24, 2.45) is 5.41 Å². The van der Waals surface area contributed by atoms with Gasteiger partial charge in [0.15, 0.2) is 0 Å². The Hall–Kier alpha value is -0.900. The second-order valence-corrected chi connectivity index (χ2v) is 4.08. The second-order valence-electron chi connectivity index (χ2n) is 4.08. The van der Waals surface area contributed by atoms with Gasteiger partial charge in [-0.3, -0.25) is 9.59 Å². The van der Waals surface area contributed by atoms with Crippen LogP contribution in [0.15, 0.2) is 0 Å². The van der Waals surface area contributed by atoms with Gasteiger partial charge >= 0.3 is 12.4 Å². The van der Waals surface area contributed by atoms with Crippen LogP contribution in [-0.4, -0.2) is 26.2 Å². The fraction of sp³-hybridized carbons (Fsp3) is 0.818. The van der Waals surface area contributed by atoms with Crippen molar-refractivity contribution in [3.63, 3.8) is 0 Å². The van der Waals surface area contributed by atoms with Gasteiger partial charge in [-0.05, 0) is 18.3 Å². The first-order chi connectivity index (χ1) is 7.08. The van der Waals surface area contributed by atoms with E-state index in [1.165, 1.54) is 0 Å². The number of methoxy groups -OCH3 is 1. The predicted octanol–water partition coefficient (Wildman–Crippen LogP) is 1.92. The maximum Gasteiger partial charge on any atom is 0.313 e. The smallest absolute Gasteiger partial charge is 0.313 e. The Balaban J connectivity index is 4.04. The summed E-state index contributed by atoms with van der Waals surface area (Å²) >= 11 is 0. The van der Waals surface area contributed by atoms with Gasteiger partial charge in [0.05, 0.1) is 6.61 Å². The van der Waals surface area contributed by atoms with Crippen LogP contribution >= 0.6 is 0 Å². The highest BCUT2D eigenvalue weighted by Crippen LogP contribution is 2.29. The first-order valence-electron chi connectivity index (χ1n) is 5.20. The van der Waals surface area contributed by atoms with Crippen LogP contribution in [0.25, 0.3) is 0 Å². The molecular weight excluding hydrogens is 196 g/mol. The van der Waals surface area contributed by atoms with Gasteiger partial charge in [-0.15, -0.1) is 0 Å². The van der Waals surface area contributed by atoms with Crippen LogP contribution in [-0.2, 0) is 19.1 Å². The van der Waals surface area contributed by atoms with E-state index >= 15 is 0 Å². The Morgan fingerprint density at radius 2 is 2.07 bits per heavy atom. The molecule has 0 spiro atoms. The van der Waals surface area contributed by atoms with Gasteiger partial charge in [-0.2, -0.15) is 0 Å². The van der Waals surface area contributed by atoms with Crippen molar-refractivity contribution in [3.8, 4) is 0 Å². The average molecular weight is 216 g/mol. The van der Waals surface area contributed by atoms with E-state index in [2.05, 4.69) is 18.6 Å². The fourth-order valence-electron chi connectivity index (χ4n) is 1.74. The highest BCUT2D eigenvalue weighted by atomic mass is 16.6. The molecule has 0 heterocycles. The van der Waals surface area contributed by atoms with Crippen molar-refractivity contribution >= 4 is 12.4 Å². The Morgan fingerprint density at radius 1 is 1.40 bits per heavy atom. The van der Waals surface area contributed by atoms with Crippen LogP contribution in [0, 0.1) is 5.41 Å². The van der Waals surface area contributed by atoms with Gasteiger partial charge in [0.25, 0.3) is 0 Å². The molecule has 0 amide bonds. The number of ether oxygens (including phenoxy) is 2. The minimum atomic E-state index is -0.469. The van der Waals surface area contributed by atoms with Crippen molar-refractivity contribution in [3.05, 3.63) is 0 Å². The van der Waals surface area contributed by atoms with Crippen LogP contribution in [0.3, 0.4) is 0 Å². The minimum absolute atomic E-state index is 0.00853. The molecule has 0 radical (unpaired) electrons. The third-order valence-electron chi connectivity index (χ3n) is 2.46. The molecule has 4 heteroatoms. The van der Waals surface area contributed by atoms with Gasteiger partial charge < -0.3 is 9.47 Å². The molecule has 0 saturated carbocycles. The van der Waals surface area contributed by atoms with Crippen molar-refractivity contribution in [2.75, 3.05) is 13.7 Å². The number of hydrogen-bond donors (Lipinski definition) is 0. The van der Waals surface area contributed by atoms with Gasteiger partial charge in [0.1, 0.15) is 0 Å². The largest absolute Gasteiger partial charge is 0.395 e. The predicted molar refractivity (Wildman–Crippen MR) is 56.3 cm³/mol. The lowest BCUT2D eigenvalue weighted by Crippen LogP contribution is -2.24. The molecule has 0 aromatic heterocycles. The highest BCUT2D eigenvalue weighted by Gasteiger charge is 2.24. The molecule has 0 aromatic carbocycles. The SMILES string of the molecule is CCCC(C)(CCC(=O)OC=O)COC. The Kier molecular flexibility index (Phi) is 6.96. The lowest BCUT2D eigenvalue weighted by atomic mass is 9.82. The van der Waals surface area contributed by atoms with Crippen LogP contribution in [0.5, 0.6) is 0 Å². The Bertz CT molecular complexity index is 195. The molecule has 1 unspecified atom stereocenters. The summed E-state index contributed by atoms with van der Waals surface area (Å²) in [4.78, 5) is 20.9. The summed E-state index contributed by atoms with van der Waals surface area (Å²) in [5.41, 5.74) is -0.00853. The molecule has 0 aliphatic rings. The van der Waals surface area contributed by atoms with Gasteiger partial charge in [-0.1, -0.05) is 20.3 Å². The van der Waals surface area contributed by atoms with Crippen LogP contribution in [0.2, 0.25) is 0 Å². The number of hydrogen-bond acceptors (Lipinski definition) is 4. The number of carbonyl (C=O) groups is 2. The molecule has 88 valence electrons. The molecule has 15 heavy (non-hydrogen) atoms. The topological polar surface area (TPSA) is 52.6 Å². The van der Waals surface area contributed by atoms with Gasteiger partial charge in [0.2, 0.25) is 0 Å². The lowest BCUT2D eigenvalue weighted by Gasteiger charge is -2.27. The third kappa shape index (κ3) is 6.23. The summed E-state index contributed by atoms with van der Waals surface area (Å²) in [7, 11) is 1.65. The Morgan fingerprint density at radius 3 is 2.53 bits per heavy atom. The van der Waals surface area contributed by atoms with Crippen LogP contribution < -0.4 is 0 Å². The molecule has 1 atom stereocenters. The molecular formula is C11H20O4. The van der Waals surface area contributed by atoms with E-state index in [4.69, 9.17) is 4.74 Å². The molecule has 0 N–H and O–H groups in total. The van der Waals surface area contributed by atoms with Crippen molar-refractivity contribution in [1.82, 2.24) is 0 Å². The molecule has 0 saturated heterocycles. The molecule has 0 aliphatic carbocycles. The summed E-state index contributed by atoms with van der Waals surface area (Å²) in [5.74, 6) is -0.469. The summed E-state index contributed by atoms with van der Waals surface area (Å²) in [6.45, 7) is 4.97. The standard InChI is InChI=1S/C11H20O4/c1-4-6-11(2,8-14-3)7-5-10(13)15-9-12/h9H,4-8H2,1-3H3. The van der Waals surface area contributed by atoms with E-state index in [0.29, 0.717) is 13.0 Å². The number of esters is 1. The number of rotatable bonds is 8. The Labute approximate surface area is 90.9 Å². The quantitative estimate of drug-likeness (QED) is 0.353. The fourth-order valence-corrected chi connectivity index (χ4v) is 1.74. The molecule has 0 bridgehead atoms. The first-order valence-corrected chi connectivity index (χ1v) is 5.20. The van der Waals surface area contributed by atoms with Crippen molar-refractivity contribution in [1.29, 1.82) is 0 Å². The first kappa shape index (κ1) is 14.1. The van der Waals surface area contributed by atoms with Crippen molar-refractivity contribution < 1.29 is 19.1 Å². The maximum atomic E-state index is 11.0. The lowest BCUT2D eigenvalue weighted by molar-refractivity contribution is -0.152. The zero-order valence-electron chi connectivity index (χ0n) is 9.75. The monoisotopic (exact) mass is 216 g/mol. The zero-order valence-corrected chi connectivity index (χ0v) is 9.75. The molecule has 0 aromatic rings. The molecule has 0 rings (SSSR count). The summed E-state index contributed by atoms with van der Waals surface area (Å²) < 4.78 is 9.36. The summed E-state index contributed by atoms with van der Waals surface area (Å²) in [6, 6.07) is 0. The van der Waals surface area contributed by atoms with E-state index in [1.807, 2.05) is 0 Å². The second kappa shape index (κ2) is 7.40. The van der Waals surface area contributed by atoms with Crippen LogP contribution in [0.1, 0.15) is 39.5 Å². The molecule has 0 aliphatic heterocycles. The minimum Gasteiger partial charge on any atom is -0.395 e. The van der Waals surface area contributed by atoms with Crippen LogP contribution in [0.4, 0.5) is 0 Å². The summed E-state index contributed by atoms with van der Waals surface area (Å²) in [5, 5.41) is 0. The van der Waals surface area contributed by atoms with Gasteiger partial charge in [-0.25, -0.2) is 0 Å². The maximum absolute atomic E-state index is 11.0. The van der Waals surface area contributed by atoms with E-state index in [9.17, 15) is 9.59 Å². The van der Waals surface area contributed by atoms with E-state index in [1.54, 1.807) is 7.11 Å². The van der Waals surface area contributed by atoms with E-state index in [-0.39, 0.29) is 18.3 Å². The van der Waals surface area contributed by atoms with E-state index < -0.39 is 5.97 Å².